The van der Waals surface area contributed by atoms with Gasteiger partial charge in [-0.25, -0.2) is 0 Å². The highest BCUT2D eigenvalue weighted by molar-refractivity contribution is 5.82. The van der Waals surface area contributed by atoms with E-state index in [0.717, 1.165) is 30.5 Å². The first-order valence-corrected chi connectivity index (χ1v) is 8.24. The van der Waals surface area contributed by atoms with Gasteiger partial charge in [-0.15, -0.1) is 0 Å². The monoisotopic (exact) mass is 292 g/mol. The second-order valence-corrected chi connectivity index (χ2v) is 7.18. The maximum absolute atomic E-state index is 11.8. The number of aromatic nitrogens is 2. The Morgan fingerprint density at radius 2 is 1.76 bits per heavy atom. The first-order chi connectivity index (χ1) is 9.90. The molecule has 0 bridgehead atoms. The van der Waals surface area contributed by atoms with Crippen LogP contribution in [-0.2, 0) is 4.79 Å². The summed E-state index contributed by atoms with van der Waals surface area (Å²) in [6.45, 7) is 10.2. The Morgan fingerprint density at radius 3 is 2.24 bits per heavy atom. The fourth-order valence-corrected chi connectivity index (χ4v) is 3.51. The number of nitrogens with zero attached hydrogens (tertiary/aromatic N) is 2. The van der Waals surface area contributed by atoms with E-state index in [4.69, 9.17) is 4.52 Å². The second kappa shape index (κ2) is 6.71. The summed E-state index contributed by atoms with van der Waals surface area (Å²) >= 11 is 0. The number of Topliss-reactive ketones (excluding diaryl/α,β-unsaturated/α-hetero) is 1. The molecule has 0 aliphatic heterocycles. The van der Waals surface area contributed by atoms with E-state index in [1.54, 1.807) is 6.92 Å². The van der Waals surface area contributed by atoms with Crippen LogP contribution in [0.15, 0.2) is 4.52 Å². The van der Waals surface area contributed by atoms with Crippen molar-refractivity contribution in [3.05, 3.63) is 11.7 Å². The zero-order chi connectivity index (χ0) is 15.6. The predicted molar refractivity (Wildman–Crippen MR) is 82.1 cm³/mol. The van der Waals surface area contributed by atoms with Gasteiger partial charge in [0, 0.05) is 5.92 Å². The third-order valence-corrected chi connectivity index (χ3v) is 4.91. The number of carbonyl (C=O) groups excluding carboxylic acids is 1. The SMILES string of the molecule is CC(=O)C(c1nc(C2CCC(C(C)C)CC2)no1)C(C)C. The maximum atomic E-state index is 11.8. The molecule has 1 unspecified atom stereocenters. The molecule has 0 aromatic carbocycles. The van der Waals surface area contributed by atoms with Gasteiger partial charge in [0.15, 0.2) is 5.82 Å². The number of ketones is 1. The molecule has 21 heavy (non-hydrogen) atoms. The fourth-order valence-electron chi connectivity index (χ4n) is 3.51. The van der Waals surface area contributed by atoms with E-state index < -0.39 is 0 Å². The van der Waals surface area contributed by atoms with Crippen molar-refractivity contribution in [3.63, 3.8) is 0 Å². The molecular weight excluding hydrogens is 264 g/mol. The van der Waals surface area contributed by atoms with Gasteiger partial charge in [0.25, 0.3) is 0 Å². The Morgan fingerprint density at radius 1 is 1.14 bits per heavy atom. The van der Waals surface area contributed by atoms with Crippen molar-refractivity contribution in [1.82, 2.24) is 10.1 Å². The summed E-state index contributed by atoms with van der Waals surface area (Å²) in [6, 6.07) is 0. The fraction of sp³-hybridized carbons (Fsp3) is 0.824. The van der Waals surface area contributed by atoms with Crippen LogP contribution in [0.2, 0.25) is 0 Å². The van der Waals surface area contributed by atoms with Gasteiger partial charge in [0.1, 0.15) is 5.78 Å². The van der Waals surface area contributed by atoms with E-state index in [9.17, 15) is 4.79 Å². The lowest BCUT2D eigenvalue weighted by Crippen LogP contribution is -2.19. The molecule has 1 aromatic heterocycles. The standard InChI is InChI=1S/C17H28N2O2/c1-10(2)13-6-8-14(9-7-13)16-18-17(21-19-16)15(11(3)4)12(5)20/h10-11,13-15H,6-9H2,1-5H3. The molecule has 0 spiro atoms. The summed E-state index contributed by atoms with van der Waals surface area (Å²) < 4.78 is 5.39. The first kappa shape index (κ1) is 16.2. The van der Waals surface area contributed by atoms with Crippen LogP contribution in [0, 0.1) is 17.8 Å². The Bertz CT molecular complexity index is 471. The molecule has 2 rings (SSSR count). The Kier molecular flexibility index (Phi) is 5.17. The van der Waals surface area contributed by atoms with E-state index in [0.29, 0.717) is 11.8 Å². The number of carbonyl (C=O) groups is 1. The van der Waals surface area contributed by atoms with Crippen molar-refractivity contribution < 1.29 is 9.32 Å². The van der Waals surface area contributed by atoms with Gasteiger partial charge in [-0.3, -0.25) is 4.79 Å². The molecule has 4 nitrogen and oxygen atoms in total. The molecule has 118 valence electrons. The van der Waals surface area contributed by atoms with Crippen molar-refractivity contribution in [1.29, 1.82) is 0 Å². The molecule has 1 atom stereocenters. The van der Waals surface area contributed by atoms with Crippen molar-refractivity contribution in [3.8, 4) is 0 Å². The largest absolute Gasteiger partial charge is 0.339 e. The molecule has 0 amide bonds. The van der Waals surface area contributed by atoms with Crippen LogP contribution in [0.1, 0.15) is 83.9 Å². The minimum atomic E-state index is -0.266. The average Bonchev–Trinajstić information content (AvgIpc) is 2.87. The van der Waals surface area contributed by atoms with Crippen molar-refractivity contribution in [2.75, 3.05) is 0 Å². The van der Waals surface area contributed by atoms with Crippen LogP contribution in [0.25, 0.3) is 0 Å². The molecule has 1 aliphatic carbocycles. The number of hydrogen-bond acceptors (Lipinski definition) is 4. The predicted octanol–water partition coefficient (Wildman–Crippen LogP) is 4.33. The van der Waals surface area contributed by atoms with Crippen LogP contribution < -0.4 is 0 Å². The lowest BCUT2D eigenvalue weighted by molar-refractivity contribution is -0.119. The quantitative estimate of drug-likeness (QED) is 0.810. The van der Waals surface area contributed by atoms with Gasteiger partial charge in [-0.1, -0.05) is 32.9 Å². The van der Waals surface area contributed by atoms with Crippen molar-refractivity contribution >= 4 is 5.78 Å². The average molecular weight is 292 g/mol. The third kappa shape index (κ3) is 3.72. The summed E-state index contributed by atoms with van der Waals surface area (Å²) in [5.74, 6) is 3.31. The third-order valence-electron chi connectivity index (χ3n) is 4.91. The summed E-state index contributed by atoms with van der Waals surface area (Å²) in [4.78, 5) is 16.3. The summed E-state index contributed by atoms with van der Waals surface area (Å²) in [6.07, 6.45) is 4.75. The highest BCUT2D eigenvalue weighted by Gasteiger charge is 2.31. The molecular formula is C17H28N2O2. The van der Waals surface area contributed by atoms with Gasteiger partial charge in [0.2, 0.25) is 5.89 Å². The number of rotatable bonds is 5. The highest BCUT2D eigenvalue weighted by atomic mass is 16.5. The molecule has 1 aliphatic rings. The highest BCUT2D eigenvalue weighted by Crippen LogP contribution is 2.38. The Labute approximate surface area is 127 Å². The van der Waals surface area contributed by atoms with Gasteiger partial charge in [-0.2, -0.15) is 4.98 Å². The van der Waals surface area contributed by atoms with Crippen LogP contribution in [0.5, 0.6) is 0 Å². The second-order valence-electron chi connectivity index (χ2n) is 7.18. The summed E-state index contributed by atoms with van der Waals surface area (Å²) in [7, 11) is 0. The van der Waals surface area contributed by atoms with Gasteiger partial charge >= 0.3 is 0 Å². The molecule has 0 N–H and O–H groups in total. The maximum Gasteiger partial charge on any atom is 0.237 e. The zero-order valence-electron chi connectivity index (χ0n) is 13.9. The zero-order valence-corrected chi connectivity index (χ0v) is 13.9. The van der Waals surface area contributed by atoms with E-state index >= 15 is 0 Å². The van der Waals surface area contributed by atoms with Gasteiger partial charge in [0.05, 0.1) is 5.92 Å². The van der Waals surface area contributed by atoms with E-state index in [-0.39, 0.29) is 17.6 Å². The van der Waals surface area contributed by atoms with Crippen LogP contribution in [0.3, 0.4) is 0 Å². The lowest BCUT2D eigenvalue weighted by Gasteiger charge is -2.29. The van der Waals surface area contributed by atoms with E-state index in [2.05, 4.69) is 24.0 Å². The van der Waals surface area contributed by atoms with Gasteiger partial charge in [-0.05, 0) is 50.4 Å². The van der Waals surface area contributed by atoms with E-state index in [1.807, 2.05) is 13.8 Å². The summed E-state index contributed by atoms with van der Waals surface area (Å²) in [5, 5.41) is 4.16. The van der Waals surface area contributed by atoms with Crippen LogP contribution >= 0.6 is 0 Å². The molecule has 1 saturated carbocycles. The van der Waals surface area contributed by atoms with E-state index in [1.165, 1.54) is 12.8 Å². The van der Waals surface area contributed by atoms with Crippen LogP contribution in [0.4, 0.5) is 0 Å². The molecule has 1 heterocycles. The molecule has 1 fully saturated rings. The Hall–Kier alpha value is -1.19. The first-order valence-electron chi connectivity index (χ1n) is 8.24. The minimum absolute atomic E-state index is 0.101. The molecule has 1 aromatic rings. The lowest BCUT2D eigenvalue weighted by atomic mass is 9.77. The summed E-state index contributed by atoms with van der Waals surface area (Å²) in [5.41, 5.74) is 0. The van der Waals surface area contributed by atoms with Crippen LogP contribution in [-0.4, -0.2) is 15.9 Å². The van der Waals surface area contributed by atoms with Gasteiger partial charge < -0.3 is 4.52 Å². The topological polar surface area (TPSA) is 56.0 Å². The molecule has 0 radical (unpaired) electrons. The molecule has 0 saturated heterocycles. The minimum Gasteiger partial charge on any atom is -0.339 e. The smallest absolute Gasteiger partial charge is 0.237 e. The normalized spacial score (nSPS) is 24.5. The van der Waals surface area contributed by atoms with Crippen molar-refractivity contribution in [2.24, 2.45) is 17.8 Å². The number of hydrogen-bond donors (Lipinski definition) is 0. The van der Waals surface area contributed by atoms with Crippen molar-refractivity contribution in [2.45, 2.75) is 72.1 Å². The Balaban J connectivity index is 2.05. The molecule has 4 heteroatoms.